The van der Waals surface area contributed by atoms with Gasteiger partial charge in [-0.3, -0.25) is 0 Å². The van der Waals surface area contributed by atoms with Crippen LogP contribution in [0.1, 0.15) is 92.7 Å². The SMILES string of the molecule is CCc1cc(C2CCCC(C(C)(C)C)C2)c2c(c1)C1(c3ccccc3O2)c2ccccc2-c2ccccc21. The number of fused-ring (bicyclic) bond motifs is 9. The number of hydrogen-bond acceptors (Lipinski definition) is 1. The molecule has 7 rings (SSSR count). The molecule has 0 saturated heterocycles. The van der Waals surface area contributed by atoms with Crippen molar-refractivity contribution in [3.05, 3.63) is 118 Å². The monoisotopic (exact) mass is 498 g/mol. The summed E-state index contributed by atoms with van der Waals surface area (Å²) in [6.45, 7) is 9.56. The Balaban J connectivity index is 1.54. The van der Waals surface area contributed by atoms with Crippen molar-refractivity contribution in [1.82, 2.24) is 0 Å². The van der Waals surface area contributed by atoms with E-state index in [-0.39, 0.29) is 5.41 Å². The Morgan fingerprint density at radius 3 is 2.05 bits per heavy atom. The van der Waals surface area contributed by atoms with Gasteiger partial charge in [0, 0.05) is 11.1 Å². The van der Waals surface area contributed by atoms with E-state index < -0.39 is 0 Å². The number of rotatable bonds is 2. The van der Waals surface area contributed by atoms with Gasteiger partial charge in [-0.15, -0.1) is 0 Å². The summed E-state index contributed by atoms with van der Waals surface area (Å²) in [6, 6.07) is 31.9. The van der Waals surface area contributed by atoms with E-state index in [0.717, 1.165) is 23.8 Å². The molecule has 0 radical (unpaired) electrons. The van der Waals surface area contributed by atoms with Crippen molar-refractivity contribution in [2.24, 2.45) is 11.3 Å². The van der Waals surface area contributed by atoms with Crippen molar-refractivity contribution >= 4 is 0 Å². The predicted octanol–water partition coefficient (Wildman–Crippen LogP) is 10.0. The highest BCUT2D eigenvalue weighted by Gasteiger charge is 2.51. The summed E-state index contributed by atoms with van der Waals surface area (Å²) in [5.74, 6) is 3.38. The molecule has 4 aromatic rings. The zero-order chi connectivity index (χ0) is 26.1. The first-order valence-electron chi connectivity index (χ1n) is 14.6. The number of aryl methyl sites for hydroxylation is 1. The third kappa shape index (κ3) is 3.30. The third-order valence-electron chi connectivity index (χ3n) is 9.78. The number of hydrogen-bond donors (Lipinski definition) is 0. The fraction of sp³-hybridized carbons (Fsp3) is 0.351. The molecule has 1 spiro atoms. The van der Waals surface area contributed by atoms with Crippen molar-refractivity contribution < 1.29 is 4.74 Å². The molecule has 1 saturated carbocycles. The highest BCUT2D eigenvalue weighted by atomic mass is 16.5. The minimum atomic E-state index is -0.366. The van der Waals surface area contributed by atoms with Crippen LogP contribution in [0.5, 0.6) is 11.5 Å². The topological polar surface area (TPSA) is 9.23 Å². The molecular weight excluding hydrogens is 460 g/mol. The van der Waals surface area contributed by atoms with Crippen molar-refractivity contribution in [3.8, 4) is 22.6 Å². The number of benzene rings is 4. The van der Waals surface area contributed by atoms with Crippen LogP contribution in [0, 0.1) is 11.3 Å². The lowest BCUT2D eigenvalue weighted by atomic mass is 9.63. The van der Waals surface area contributed by atoms with Crippen molar-refractivity contribution in [3.63, 3.8) is 0 Å². The van der Waals surface area contributed by atoms with Crippen LogP contribution >= 0.6 is 0 Å². The molecule has 0 N–H and O–H groups in total. The molecule has 38 heavy (non-hydrogen) atoms. The van der Waals surface area contributed by atoms with Gasteiger partial charge in [0.25, 0.3) is 0 Å². The second kappa shape index (κ2) is 8.60. The first-order chi connectivity index (χ1) is 18.4. The summed E-state index contributed by atoms with van der Waals surface area (Å²) in [4.78, 5) is 0. The highest BCUT2D eigenvalue weighted by molar-refractivity contribution is 5.88. The van der Waals surface area contributed by atoms with Gasteiger partial charge >= 0.3 is 0 Å². The summed E-state index contributed by atoms with van der Waals surface area (Å²) in [7, 11) is 0. The van der Waals surface area contributed by atoms with Gasteiger partial charge in [0.2, 0.25) is 0 Å². The van der Waals surface area contributed by atoms with Crippen LogP contribution in [0.25, 0.3) is 11.1 Å². The standard InChI is InChI=1S/C37H38O/c1-5-24-21-29(25-13-12-14-26(23-25)36(2,3)4)35-33(22-24)37(32-19-10-11-20-34(32)38-35)30-17-8-6-15-27(30)28-16-7-9-18-31(28)37/h6-11,15-22,25-26H,5,12-14,23H2,1-4H3. The molecule has 2 aliphatic carbocycles. The summed E-state index contributed by atoms with van der Waals surface area (Å²) in [6.07, 6.45) is 6.15. The number of ether oxygens (including phenoxy) is 1. The van der Waals surface area contributed by atoms with Crippen LogP contribution in [0.4, 0.5) is 0 Å². The molecule has 0 bridgehead atoms. The van der Waals surface area contributed by atoms with Gasteiger partial charge in [0.15, 0.2) is 0 Å². The molecule has 1 aliphatic heterocycles. The molecule has 3 aliphatic rings. The van der Waals surface area contributed by atoms with E-state index in [1.54, 1.807) is 0 Å². The van der Waals surface area contributed by atoms with Crippen LogP contribution in [-0.4, -0.2) is 0 Å². The molecule has 4 aromatic carbocycles. The second-order valence-corrected chi connectivity index (χ2v) is 12.8. The molecule has 1 nitrogen and oxygen atoms in total. The average Bonchev–Trinajstić information content (AvgIpc) is 3.24. The Labute approximate surface area is 227 Å². The molecule has 1 fully saturated rings. The van der Waals surface area contributed by atoms with Gasteiger partial charge in [-0.25, -0.2) is 0 Å². The molecule has 0 aromatic heterocycles. The first kappa shape index (κ1) is 23.8. The van der Waals surface area contributed by atoms with Crippen LogP contribution in [0.15, 0.2) is 84.9 Å². The Bertz CT molecular complexity index is 1490. The smallest absolute Gasteiger partial charge is 0.135 e. The minimum Gasteiger partial charge on any atom is -0.456 e. The zero-order valence-corrected chi connectivity index (χ0v) is 23.2. The van der Waals surface area contributed by atoms with Gasteiger partial charge in [-0.05, 0) is 82.4 Å². The maximum absolute atomic E-state index is 7.00. The van der Waals surface area contributed by atoms with Gasteiger partial charge in [-0.2, -0.15) is 0 Å². The summed E-state index contributed by atoms with van der Waals surface area (Å²) < 4.78 is 7.00. The molecule has 1 heteroatoms. The lowest BCUT2D eigenvalue weighted by Crippen LogP contribution is -2.33. The molecule has 2 atom stereocenters. The van der Waals surface area contributed by atoms with E-state index in [1.807, 2.05) is 0 Å². The minimum absolute atomic E-state index is 0.332. The fourth-order valence-electron chi connectivity index (χ4n) is 7.81. The summed E-state index contributed by atoms with van der Waals surface area (Å²) in [5.41, 5.74) is 10.9. The largest absolute Gasteiger partial charge is 0.456 e. The summed E-state index contributed by atoms with van der Waals surface area (Å²) >= 11 is 0. The number of para-hydroxylation sites is 1. The Kier molecular flexibility index (Phi) is 5.38. The van der Waals surface area contributed by atoms with Crippen LogP contribution in [-0.2, 0) is 11.8 Å². The lowest BCUT2D eigenvalue weighted by molar-refractivity contribution is 0.164. The maximum atomic E-state index is 7.00. The lowest BCUT2D eigenvalue weighted by Gasteiger charge is -2.42. The van der Waals surface area contributed by atoms with Crippen LogP contribution < -0.4 is 4.74 Å². The van der Waals surface area contributed by atoms with Crippen molar-refractivity contribution in [1.29, 1.82) is 0 Å². The average molecular weight is 499 g/mol. The van der Waals surface area contributed by atoms with E-state index in [2.05, 4.69) is 113 Å². The van der Waals surface area contributed by atoms with Crippen LogP contribution in [0.3, 0.4) is 0 Å². The van der Waals surface area contributed by atoms with E-state index in [4.69, 9.17) is 4.74 Å². The summed E-state index contributed by atoms with van der Waals surface area (Å²) in [5, 5.41) is 0. The quantitative estimate of drug-likeness (QED) is 0.231. The van der Waals surface area contributed by atoms with Gasteiger partial charge < -0.3 is 4.74 Å². The molecule has 1 heterocycles. The maximum Gasteiger partial charge on any atom is 0.135 e. The molecule has 2 unspecified atom stereocenters. The van der Waals surface area contributed by atoms with Gasteiger partial charge in [-0.1, -0.05) is 113 Å². The van der Waals surface area contributed by atoms with Crippen LogP contribution in [0.2, 0.25) is 0 Å². The molecule has 192 valence electrons. The Morgan fingerprint density at radius 1 is 0.763 bits per heavy atom. The fourth-order valence-corrected chi connectivity index (χ4v) is 7.81. The predicted molar refractivity (Wildman–Crippen MR) is 157 cm³/mol. The molecular formula is C37H38O. The normalized spacial score (nSPS) is 20.7. The van der Waals surface area contributed by atoms with E-state index in [0.29, 0.717) is 11.3 Å². The van der Waals surface area contributed by atoms with E-state index in [1.165, 1.54) is 70.2 Å². The van der Waals surface area contributed by atoms with Gasteiger partial charge in [0.1, 0.15) is 11.5 Å². The highest BCUT2D eigenvalue weighted by Crippen LogP contribution is 2.63. The van der Waals surface area contributed by atoms with Gasteiger partial charge in [0.05, 0.1) is 5.41 Å². The van der Waals surface area contributed by atoms with Crippen molar-refractivity contribution in [2.45, 2.75) is 71.1 Å². The zero-order valence-electron chi connectivity index (χ0n) is 23.2. The van der Waals surface area contributed by atoms with Crippen molar-refractivity contribution in [2.75, 3.05) is 0 Å². The third-order valence-corrected chi connectivity index (χ3v) is 9.78. The first-order valence-corrected chi connectivity index (χ1v) is 14.6. The second-order valence-electron chi connectivity index (χ2n) is 12.8. The van der Waals surface area contributed by atoms with E-state index >= 15 is 0 Å². The Morgan fingerprint density at radius 2 is 1.39 bits per heavy atom. The Hall–Kier alpha value is -3.32. The molecule has 0 amide bonds. The van der Waals surface area contributed by atoms with E-state index in [9.17, 15) is 0 Å².